The number of unbranched alkanes of at least 4 members (excludes halogenated alkanes) is 3. The molecule has 1 atom stereocenters. The van der Waals surface area contributed by atoms with E-state index in [0.717, 1.165) is 63.6 Å². The number of hydrogen-bond donors (Lipinski definition) is 1. The van der Waals surface area contributed by atoms with Crippen LogP contribution in [0.25, 0.3) is 0 Å². The molecule has 1 heterocycles. The fourth-order valence-electron chi connectivity index (χ4n) is 3.74. The Bertz CT molecular complexity index is 788. The van der Waals surface area contributed by atoms with Gasteiger partial charge in [-0.3, -0.25) is 9.48 Å². The topological polar surface area (TPSA) is 59.8 Å². The van der Waals surface area contributed by atoms with E-state index in [9.17, 15) is 4.79 Å². The molecule has 0 saturated carbocycles. The van der Waals surface area contributed by atoms with Crippen LogP contribution in [0.15, 0.2) is 6.20 Å². The zero-order chi connectivity index (χ0) is 23.2. The van der Waals surface area contributed by atoms with Gasteiger partial charge in [0.2, 0.25) is 5.91 Å². The first-order valence-corrected chi connectivity index (χ1v) is 11.8. The van der Waals surface area contributed by atoms with Gasteiger partial charge in [-0.25, -0.2) is 0 Å². The highest BCUT2D eigenvalue weighted by Crippen LogP contribution is 2.40. The van der Waals surface area contributed by atoms with Crippen LogP contribution in [-0.2, 0) is 17.9 Å². The predicted molar refractivity (Wildman–Crippen MR) is 128 cm³/mol. The molecule has 0 aliphatic rings. The summed E-state index contributed by atoms with van der Waals surface area (Å²) >= 11 is 0. The Balaban J connectivity index is 2.52. The lowest BCUT2D eigenvalue weighted by atomic mass is 9.69. The molecule has 0 saturated heterocycles. The summed E-state index contributed by atoms with van der Waals surface area (Å²) in [6.45, 7) is 14.4. The number of hydrogen-bond acceptors (Lipinski definition) is 3. The number of nitrogens with zero attached hydrogens (tertiary/aromatic N) is 3. The molecule has 0 aromatic carbocycles. The molecule has 0 bridgehead atoms. The van der Waals surface area contributed by atoms with E-state index in [2.05, 4.69) is 80.9 Å². The van der Waals surface area contributed by atoms with Gasteiger partial charge in [-0.2, -0.15) is 0 Å². The number of carbonyl (C=O) groups is 1. The zero-order valence-electron chi connectivity index (χ0n) is 20.6. The fourth-order valence-corrected chi connectivity index (χ4v) is 3.74. The van der Waals surface area contributed by atoms with Gasteiger partial charge < -0.3 is 5.32 Å². The van der Waals surface area contributed by atoms with Crippen molar-refractivity contribution >= 4 is 5.91 Å². The highest BCUT2D eigenvalue weighted by molar-refractivity contribution is 5.76. The van der Waals surface area contributed by atoms with E-state index in [1.807, 2.05) is 10.9 Å². The van der Waals surface area contributed by atoms with Crippen LogP contribution < -0.4 is 5.32 Å². The molecule has 0 aliphatic heterocycles. The highest BCUT2D eigenvalue weighted by Gasteiger charge is 2.32. The first-order valence-electron chi connectivity index (χ1n) is 11.8. The third-order valence-electron chi connectivity index (χ3n) is 5.60. The normalized spacial score (nSPS) is 12.8. The van der Waals surface area contributed by atoms with Crippen molar-refractivity contribution in [3.8, 4) is 23.7 Å². The summed E-state index contributed by atoms with van der Waals surface area (Å²) in [6, 6.07) is 0. The third-order valence-corrected chi connectivity index (χ3v) is 5.60. The molecule has 5 heteroatoms. The second kappa shape index (κ2) is 13.9. The van der Waals surface area contributed by atoms with Gasteiger partial charge in [0.15, 0.2) is 0 Å². The average Bonchev–Trinajstić information content (AvgIpc) is 3.17. The van der Waals surface area contributed by atoms with Gasteiger partial charge in [0.05, 0.1) is 12.7 Å². The predicted octanol–water partition coefficient (Wildman–Crippen LogP) is 5.50. The van der Waals surface area contributed by atoms with E-state index in [4.69, 9.17) is 0 Å². The lowest BCUT2D eigenvalue weighted by Crippen LogP contribution is -2.32. The number of nitrogens with one attached hydrogen (secondary N) is 1. The quantitative estimate of drug-likeness (QED) is 0.334. The van der Waals surface area contributed by atoms with Gasteiger partial charge in [0.1, 0.15) is 5.69 Å². The van der Waals surface area contributed by atoms with E-state index in [-0.39, 0.29) is 16.7 Å². The molecule has 0 spiro atoms. The Morgan fingerprint density at radius 1 is 1.10 bits per heavy atom. The van der Waals surface area contributed by atoms with Crippen LogP contribution in [0.5, 0.6) is 0 Å². The van der Waals surface area contributed by atoms with Gasteiger partial charge in [-0.1, -0.05) is 71.4 Å². The van der Waals surface area contributed by atoms with Crippen LogP contribution in [-0.4, -0.2) is 20.9 Å². The molecular weight excluding hydrogens is 384 g/mol. The minimum atomic E-state index is -0.109. The summed E-state index contributed by atoms with van der Waals surface area (Å²) < 4.78 is 1.84. The molecule has 1 aromatic rings. The monoisotopic (exact) mass is 426 g/mol. The van der Waals surface area contributed by atoms with Crippen molar-refractivity contribution in [2.75, 3.05) is 0 Å². The first-order chi connectivity index (χ1) is 14.7. The Morgan fingerprint density at radius 2 is 1.81 bits per heavy atom. The molecule has 1 rings (SSSR count). The van der Waals surface area contributed by atoms with Crippen LogP contribution in [0.1, 0.15) is 105 Å². The minimum Gasteiger partial charge on any atom is -0.350 e. The Hall–Kier alpha value is -2.27. The Morgan fingerprint density at radius 3 is 2.48 bits per heavy atom. The van der Waals surface area contributed by atoms with Gasteiger partial charge >= 0.3 is 0 Å². The maximum Gasteiger partial charge on any atom is 0.220 e. The lowest BCUT2D eigenvalue weighted by molar-refractivity contribution is -0.123. The number of aromatic nitrogens is 3. The van der Waals surface area contributed by atoms with Crippen LogP contribution in [0.4, 0.5) is 0 Å². The van der Waals surface area contributed by atoms with E-state index in [1.54, 1.807) is 0 Å². The van der Waals surface area contributed by atoms with E-state index in [1.165, 1.54) is 0 Å². The molecular formula is C26H42N4O. The second-order valence-electron chi connectivity index (χ2n) is 9.67. The van der Waals surface area contributed by atoms with Gasteiger partial charge in [0.25, 0.3) is 0 Å². The van der Waals surface area contributed by atoms with Gasteiger partial charge in [-0.15, -0.1) is 5.10 Å². The molecule has 1 amide bonds. The van der Waals surface area contributed by atoms with Crippen molar-refractivity contribution in [3.05, 3.63) is 11.9 Å². The molecule has 5 nitrogen and oxygen atoms in total. The number of carbonyl (C=O) groups excluding carboxylic acids is 1. The molecule has 0 aliphatic carbocycles. The third kappa shape index (κ3) is 11.6. The smallest absolute Gasteiger partial charge is 0.220 e. The summed E-state index contributed by atoms with van der Waals surface area (Å²) in [5.74, 6) is 12.4. The maximum absolute atomic E-state index is 12.6. The largest absolute Gasteiger partial charge is 0.350 e. The minimum absolute atomic E-state index is 0.0550. The Kier molecular flexibility index (Phi) is 12.0. The van der Waals surface area contributed by atoms with Crippen molar-refractivity contribution in [1.82, 2.24) is 20.3 Å². The molecule has 1 unspecified atom stereocenters. The molecule has 0 radical (unpaired) electrons. The SMILES string of the molecule is CCCCC#CC#CCC(C)(CC)CC(C)(C)CC(=O)NCc1cn(CCCC)nn1. The van der Waals surface area contributed by atoms with Crippen LogP contribution in [0.2, 0.25) is 0 Å². The van der Waals surface area contributed by atoms with Gasteiger partial charge in [-0.05, 0) is 48.4 Å². The first kappa shape index (κ1) is 26.8. The Labute approximate surface area is 190 Å². The maximum atomic E-state index is 12.6. The molecule has 1 N–H and O–H groups in total. The van der Waals surface area contributed by atoms with Crippen molar-refractivity contribution < 1.29 is 4.79 Å². The summed E-state index contributed by atoms with van der Waals surface area (Å²) in [6.07, 6.45) is 10.6. The zero-order valence-corrected chi connectivity index (χ0v) is 20.6. The second-order valence-corrected chi connectivity index (χ2v) is 9.67. The highest BCUT2D eigenvalue weighted by atomic mass is 16.1. The van der Waals surface area contributed by atoms with Crippen LogP contribution >= 0.6 is 0 Å². The number of amides is 1. The summed E-state index contributed by atoms with van der Waals surface area (Å²) in [7, 11) is 0. The van der Waals surface area contributed by atoms with Crippen molar-refractivity contribution in [1.29, 1.82) is 0 Å². The standard InChI is InChI=1S/C26H42N4O/c1-7-10-12-13-14-15-16-17-26(6,9-3)22-25(4,5)19-24(31)27-20-23-21-30(29-28-23)18-11-8-2/h21H,7-12,17-20,22H2,1-6H3,(H,27,31). The fraction of sp³-hybridized carbons (Fsp3) is 0.731. The molecule has 1 aromatic heterocycles. The number of aryl methyl sites for hydroxylation is 1. The van der Waals surface area contributed by atoms with E-state index in [0.29, 0.717) is 13.0 Å². The van der Waals surface area contributed by atoms with Crippen molar-refractivity contribution in [2.45, 2.75) is 112 Å². The lowest BCUT2D eigenvalue weighted by Gasteiger charge is -2.35. The molecule has 31 heavy (non-hydrogen) atoms. The van der Waals surface area contributed by atoms with E-state index < -0.39 is 0 Å². The van der Waals surface area contributed by atoms with Crippen LogP contribution in [0.3, 0.4) is 0 Å². The van der Waals surface area contributed by atoms with Crippen molar-refractivity contribution in [2.24, 2.45) is 10.8 Å². The summed E-state index contributed by atoms with van der Waals surface area (Å²) in [4.78, 5) is 12.6. The summed E-state index contributed by atoms with van der Waals surface area (Å²) in [5, 5.41) is 11.3. The van der Waals surface area contributed by atoms with Gasteiger partial charge in [0, 0.05) is 25.8 Å². The van der Waals surface area contributed by atoms with Crippen molar-refractivity contribution in [3.63, 3.8) is 0 Å². The molecule has 0 fully saturated rings. The van der Waals surface area contributed by atoms with Crippen LogP contribution in [0, 0.1) is 34.5 Å². The number of rotatable bonds is 13. The summed E-state index contributed by atoms with van der Waals surface area (Å²) in [5.41, 5.74) is 0.766. The average molecular weight is 427 g/mol. The molecule has 172 valence electrons. The van der Waals surface area contributed by atoms with E-state index >= 15 is 0 Å².